The number of aliphatic hydroxyl groups excluding tert-OH is 1. The Hall–Kier alpha value is -2.73. The molecule has 2 amide bonds. The van der Waals surface area contributed by atoms with Gasteiger partial charge in [-0.2, -0.15) is 0 Å². The summed E-state index contributed by atoms with van der Waals surface area (Å²) in [6.45, 7) is 7.91. The Morgan fingerprint density at radius 2 is 1.79 bits per heavy atom. The lowest BCUT2D eigenvalue weighted by molar-refractivity contribution is 0.110. The highest BCUT2D eigenvalue weighted by Gasteiger charge is 2.24. The third-order valence-electron chi connectivity index (χ3n) is 4.32. The van der Waals surface area contributed by atoms with Gasteiger partial charge in [0.05, 0.1) is 12.6 Å². The van der Waals surface area contributed by atoms with Gasteiger partial charge in [0.15, 0.2) is 11.5 Å². The van der Waals surface area contributed by atoms with Crippen LogP contribution in [-0.2, 0) is 0 Å². The lowest BCUT2D eigenvalue weighted by atomic mass is 9.95. The average Bonchev–Trinajstić information content (AvgIpc) is 2.67. The number of urea groups is 1. The maximum absolute atomic E-state index is 13.0. The summed E-state index contributed by atoms with van der Waals surface area (Å²) in [6.07, 6.45) is -0.755. The molecule has 0 radical (unpaired) electrons. The van der Waals surface area contributed by atoms with Crippen LogP contribution in [0.1, 0.15) is 32.4 Å². The molecule has 150 valence electrons. The molecule has 28 heavy (non-hydrogen) atoms. The lowest BCUT2D eigenvalue weighted by Gasteiger charge is -2.32. The van der Waals surface area contributed by atoms with E-state index < -0.39 is 6.10 Å². The normalized spacial score (nSPS) is 14.3. The number of nitrogens with one attached hydrogen (secondary N) is 1. The van der Waals surface area contributed by atoms with Crippen LogP contribution < -0.4 is 14.8 Å². The van der Waals surface area contributed by atoms with Gasteiger partial charge in [0, 0.05) is 18.3 Å². The monoisotopic (exact) mass is 384 g/mol. The van der Waals surface area contributed by atoms with Crippen molar-refractivity contribution >= 4 is 11.7 Å². The van der Waals surface area contributed by atoms with Crippen molar-refractivity contribution in [2.24, 2.45) is 5.41 Å². The van der Waals surface area contributed by atoms with Gasteiger partial charge in [0.1, 0.15) is 13.2 Å². The zero-order chi connectivity index (χ0) is 20.1. The lowest BCUT2D eigenvalue weighted by Crippen LogP contribution is -2.42. The van der Waals surface area contributed by atoms with Crippen LogP contribution in [-0.4, -0.2) is 42.3 Å². The van der Waals surface area contributed by atoms with Gasteiger partial charge in [-0.05, 0) is 23.1 Å². The number of aliphatic hydroxyl groups is 1. The van der Waals surface area contributed by atoms with E-state index in [1.54, 1.807) is 23.1 Å². The quantitative estimate of drug-likeness (QED) is 0.815. The molecule has 0 saturated carbocycles. The van der Waals surface area contributed by atoms with Crippen LogP contribution in [0.2, 0.25) is 0 Å². The third kappa shape index (κ3) is 5.39. The number of carbonyl (C=O) groups excluding carboxylic acids is 1. The molecule has 0 saturated heterocycles. The first kappa shape index (κ1) is 20.0. The standard InChI is InChI=1S/C22H28N2O4/c1-22(2,3)15-24(14-18(25)16-7-5-4-6-8-16)21(26)23-17-9-10-19-20(13-17)28-12-11-27-19/h4-10,13,18,25H,11-12,14-15H2,1-3H3,(H,23,26). The number of nitrogens with zero attached hydrogens (tertiary/aromatic N) is 1. The molecule has 3 rings (SSSR count). The maximum atomic E-state index is 13.0. The first-order valence-electron chi connectivity index (χ1n) is 9.50. The summed E-state index contributed by atoms with van der Waals surface area (Å²) >= 11 is 0. The second kappa shape index (κ2) is 8.52. The second-order valence-electron chi connectivity index (χ2n) is 8.16. The van der Waals surface area contributed by atoms with Gasteiger partial charge in [-0.25, -0.2) is 4.79 Å². The summed E-state index contributed by atoms with van der Waals surface area (Å²) < 4.78 is 11.1. The number of ether oxygens (including phenoxy) is 2. The Bertz CT molecular complexity index is 802. The summed E-state index contributed by atoms with van der Waals surface area (Å²) in [6, 6.07) is 14.4. The molecule has 1 aliphatic rings. The molecule has 1 atom stereocenters. The fourth-order valence-corrected chi connectivity index (χ4v) is 3.10. The minimum absolute atomic E-state index is 0.111. The number of rotatable bonds is 5. The van der Waals surface area contributed by atoms with Crippen molar-refractivity contribution < 1.29 is 19.4 Å². The molecule has 1 unspecified atom stereocenters. The average molecular weight is 384 g/mol. The number of anilines is 1. The second-order valence-corrected chi connectivity index (χ2v) is 8.16. The Morgan fingerprint density at radius 1 is 1.11 bits per heavy atom. The van der Waals surface area contributed by atoms with Crippen LogP contribution in [0.5, 0.6) is 11.5 Å². The van der Waals surface area contributed by atoms with Gasteiger partial charge in [0.2, 0.25) is 0 Å². The molecule has 0 bridgehead atoms. The molecule has 2 aromatic carbocycles. The number of carbonyl (C=O) groups is 1. The van der Waals surface area contributed by atoms with Gasteiger partial charge in [-0.1, -0.05) is 51.1 Å². The molecule has 2 N–H and O–H groups in total. The number of hydrogen-bond acceptors (Lipinski definition) is 4. The molecule has 0 aromatic heterocycles. The van der Waals surface area contributed by atoms with Crippen molar-refractivity contribution in [2.45, 2.75) is 26.9 Å². The van der Waals surface area contributed by atoms with Gasteiger partial charge < -0.3 is 24.8 Å². The molecule has 6 heteroatoms. The number of fused-ring (bicyclic) bond motifs is 1. The van der Waals surface area contributed by atoms with Crippen molar-refractivity contribution in [1.82, 2.24) is 4.90 Å². The van der Waals surface area contributed by atoms with Crippen LogP contribution in [0, 0.1) is 5.41 Å². The zero-order valence-electron chi connectivity index (χ0n) is 16.6. The van der Waals surface area contributed by atoms with Crippen LogP contribution in [0.3, 0.4) is 0 Å². The summed E-state index contributed by atoms with van der Waals surface area (Å²) in [4.78, 5) is 14.6. The fourth-order valence-electron chi connectivity index (χ4n) is 3.10. The van der Waals surface area contributed by atoms with Crippen molar-refractivity contribution in [3.8, 4) is 11.5 Å². The van der Waals surface area contributed by atoms with Crippen molar-refractivity contribution in [3.63, 3.8) is 0 Å². The van der Waals surface area contributed by atoms with Crippen molar-refractivity contribution in [2.75, 3.05) is 31.6 Å². The molecule has 2 aromatic rings. The minimum atomic E-state index is -0.755. The van der Waals surface area contributed by atoms with E-state index in [1.165, 1.54) is 0 Å². The summed E-state index contributed by atoms with van der Waals surface area (Å²) in [5.74, 6) is 1.30. The fraction of sp³-hybridized carbons (Fsp3) is 0.409. The predicted molar refractivity (Wildman–Crippen MR) is 109 cm³/mol. The Morgan fingerprint density at radius 3 is 2.46 bits per heavy atom. The predicted octanol–water partition coefficient (Wildman–Crippen LogP) is 4.07. The molecule has 1 aliphatic heterocycles. The molecule has 0 aliphatic carbocycles. The van der Waals surface area contributed by atoms with E-state index in [0.717, 1.165) is 5.56 Å². The summed E-state index contributed by atoms with van der Waals surface area (Å²) in [5, 5.41) is 13.5. The van der Waals surface area contributed by atoms with E-state index >= 15 is 0 Å². The van der Waals surface area contributed by atoms with Crippen molar-refractivity contribution in [1.29, 1.82) is 0 Å². The number of benzene rings is 2. The van der Waals surface area contributed by atoms with Gasteiger partial charge in [-0.15, -0.1) is 0 Å². The SMILES string of the molecule is CC(C)(C)CN(CC(O)c1ccccc1)C(=O)Nc1ccc2c(c1)OCCO2. The number of amides is 2. The topological polar surface area (TPSA) is 71.0 Å². The summed E-state index contributed by atoms with van der Waals surface area (Å²) in [5.41, 5.74) is 1.30. The van der Waals surface area contributed by atoms with Gasteiger partial charge in [-0.3, -0.25) is 0 Å². The van der Waals surface area contributed by atoms with E-state index in [-0.39, 0.29) is 18.0 Å². The largest absolute Gasteiger partial charge is 0.486 e. The Balaban J connectivity index is 1.73. The van der Waals surface area contributed by atoms with E-state index in [2.05, 4.69) is 26.1 Å². The zero-order valence-corrected chi connectivity index (χ0v) is 16.6. The first-order chi connectivity index (χ1) is 13.3. The van der Waals surface area contributed by atoms with Crippen molar-refractivity contribution in [3.05, 3.63) is 54.1 Å². The van der Waals surface area contributed by atoms with Crippen LogP contribution >= 0.6 is 0 Å². The molecule has 0 fully saturated rings. The van der Waals surface area contributed by atoms with Crippen LogP contribution in [0.25, 0.3) is 0 Å². The third-order valence-corrected chi connectivity index (χ3v) is 4.32. The number of hydrogen-bond donors (Lipinski definition) is 2. The smallest absolute Gasteiger partial charge is 0.321 e. The first-order valence-corrected chi connectivity index (χ1v) is 9.50. The highest BCUT2D eigenvalue weighted by molar-refractivity contribution is 5.89. The van der Waals surface area contributed by atoms with E-state index in [0.29, 0.717) is 36.9 Å². The van der Waals surface area contributed by atoms with Crippen LogP contribution in [0.4, 0.5) is 10.5 Å². The van der Waals surface area contributed by atoms with Gasteiger partial charge >= 0.3 is 6.03 Å². The highest BCUT2D eigenvalue weighted by Crippen LogP contribution is 2.32. The van der Waals surface area contributed by atoms with E-state index in [9.17, 15) is 9.90 Å². The Kier molecular flexibility index (Phi) is 6.09. The van der Waals surface area contributed by atoms with Gasteiger partial charge in [0.25, 0.3) is 0 Å². The van der Waals surface area contributed by atoms with Crippen LogP contribution in [0.15, 0.2) is 48.5 Å². The van der Waals surface area contributed by atoms with E-state index in [1.807, 2.05) is 30.3 Å². The molecule has 0 spiro atoms. The maximum Gasteiger partial charge on any atom is 0.321 e. The summed E-state index contributed by atoms with van der Waals surface area (Å²) in [7, 11) is 0. The highest BCUT2D eigenvalue weighted by atomic mass is 16.6. The van der Waals surface area contributed by atoms with E-state index in [4.69, 9.17) is 9.47 Å². The molecule has 6 nitrogen and oxygen atoms in total. The minimum Gasteiger partial charge on any atom is -0.486 e. The Labute approximate surface area is 166 Å². The molecular weight excluding hydrogens is 356 g/mol. The molecular formula is C22H28N2O4. The molecule has 1 heterocycles.